The quantitative estimate of drug-likeness (QED) is 0.562. The van der Waals surface area contributed by atoms with Crippen molar-refractivity contribution < 1.29 is 18.8 Å². The molecule has 178 valence electrons. The number of para-hydroxylation sites is 1. The van der Waals surface area contributed by atoms with Gasteiger partial charge in [0, 0.05) is 17.8 Å². The van der Waals surface area contributed by atoms with Crippen molar-refractivity contribution in [1.82, 2.24) is 4.90 Å². The number of thioether (sulfide) groups is 1. The van der Waals surface area contributed by atoms with E-state index in [4.69, 9.17) is 0 Å². The SMILES string of the molecule is CCN1c2ccc(/C=C3\SC(=O)N(CC(=O)Nc4ccccc4F)C3=O)cc2[C@@H](C)CC1(C)C. The summed E-state index contributed by atoms with van der Waals surface area (Å²) in [6.45, 7) is 9.29. The highest BCUT2D eigenvalue weighted by Crippen LogP contribution is 2.44. The van der Waals surface area contributed by atoms with E-state index in [2.05, 4.69) is 50.0 Å². The largest absolute Gasteiger partial charge is 0.366 e. The number of benzene rings is 2. The third kappa shape index (κ3) is 4.59. The minimum atomic E-state index is -0.640. The number of halogens is 1. The van der Waals surface area contributed by atoms with Crippen LogP contribution in [0.15, 0.2) is 47.4 Å². The van der Waals surface area contributed by atoms with Crippen molar-refractivity contribution >= 4 is 46.3 Å². The van der Waals surface area contributed by atoms with E-state index in [-0.39, 0.29) is 16.1 Å². The molecule has 1 atom stereocenters. The maximum absolute atomic E-state index is 13.8. The molecule has 0 bridgehead atoms. The van der Waals surface area contributed by atoms with Crippen LogP contribution >= 0.6 is 11.8 Å². The Balaban J connectivity index is 1.52. The van der Waals surface area contributed by atoms with Gasteiger partial charge >= 0.3 is 0 Å². The second-order valence-electron chi connectivity index (χ2n) is 9.28. The molecule has 2 heterocycles. The van der Waals surface area contributed by atoms with E-state index in [1.54, 1.807) is 12.1 Å². The number of anilines is 2. The van der Waals surface area contributed by atoms with E-state index in [1.807, 2.05) is 6.07 Å². The van der Waals surface area contributed by atoms with Crippen LogP contribution in [0.3, 0.4) is 0 Å². The molecule has 6 nitrogen and oxygen atoms in total. The maximum atomic E-state index is 13.8. The topological polar surface area (TPSA) is 69.7 Å². The van der Waals surface area contributed by atoms with Gasteiger partial charge in [0.05, 0.1) is 10.6 Å². The van der Waals surface area contributed by atoms with E-state index in [1.165, 1.54) is 29.4 Å². The zero-order valence-electron chi connectivity index (χ0n) is 19.7. The van der Waals surface area contributed by atoms with Gasteiger partial charge in [-0.05, 0) is 86.3 Å². The molecule has 2 aromatic carbocycles. The minimum Gasteiger partial charge on any atom is -0.366 e. The summed E-state index contributed by atoms with van der Waals surface area (Å²) in [6.07, 6.45) is 2.72. The summed E-state index contributed by atoms with van der Waals surface area (Å²) in [7, 11) is 0. The molecule has 2 aliphatic rings. The van der Waals surface area contributed by atoms with Crippen LogP contribution in [0.1, 0.15) is 51.2 Å². The van der Waals surface area contributed by atoms with E-state index in [0.29, 0.717) is 5.92 Å². The Morgan fingerprint density at radius 3 is 2.68 bits per heavy atom. The fraction of sp³-hybridized carbons (Fsp3) is 0.346. The van der Waals surface area contributed by atoms with E-state index in [9.17, 15) is 18.8 Å². The second-order valence-corrected chi connectivity index (χ2v) is 10.3. The van der Waals surface area contributed by atoms with Crippen LogP contribution in [0.5, 0.6) is 0 Å². The molecule has 0 unspecified atom stereocenters. The molecule has 8 heteroatoms. The predicted molar refractivity (Wildman–Crippen MR) is 134 cm³/mol. The smallest absolute Gasteiger partial charge is 0.294 e. The molecule has 1 N–H and O–H groups in total. The third-order valence-electron chi connectivity index (χ3n) is 6.35. The minimum absolute atomic E-state index is 0.00231. The van der Waals surface area contributed by atoms with Gasteiger partial charge in [0.2, 0.25) is 5.91 Å². The summed E-state index contributed by atoms with van der Waals surface area (Å²) < 4.78 is 13.8. The lowest BCUT2D eigenvalue weighted by molar-refractivity contribution is -0.127. The lowest BCUT2D eigenvalue weighted by atomic mass is 9.79. The maximum Gasteiger partial charge on any atom is 0.294 e. The third-order valence-corrected chi connectivity index (χ3v) is 7.25. The van der Waals surface area contributed by atoms with Gasteiger partial charge < -0.3 is 10.2 Å². The van der Waals surface area contributed by atoms with Crippen molar-refractivity contribution in [3.05, 3.63) is 64.3 Å². The van der Waals surface area contributed by atoms with Gasteiger partial charge in [-0.1, -0.05) is 25.1 Å². The van der Waals surface area contributed by atoms with Crippen LogP contribution < -0.4 is 10.2 Å². The highest BCUT2D eigenvalue weighted by Gasteiger charge is 2.37. The number of hydrogen-bond acceptors (Lipinski definition) is 5. The number of carbonyl (C=O) groups is 3. The molecule has 4 rings (SSSR count). The summed E-state index contributed by atoms with van der Waals surface area (Å²) in [5.41, 5.74) is 3.32. The van der Waals surface area contributed by atoms with Crippen LogP contribution in [0.25, 0.3) is 6.08 Å². The molecule has 1 saturated heterocycles. The molecule has 34 heavy (non-hydrogen) atoms. The van der Waals surface area contributed by atoms with Gasteiger partial charge in [0.15, 0.2) is 0 Å². The highest BCUT2D eigenvalue weighted by atomic mass is 32.2. The number of nitrogens with zero attached hydrogens (tertiary/aromatic N) is 2. The second kappa shape index (κ2) is 9.25. The zero-order chi connectivity index (χ0) is 24.6. The first-order chi connectivity index (χ1) is 16.1. The molecule has 2 aromatic rings. The molecule has 3 amide bonds. The molecular weight excluding hydrogens is 453 g/mol. The number of hydrogen-bond donors (Lipinski definition) is 1. The molecule has 0 saturated carbocycles. The highest BCUT2D eigenvalue weighted by molar-refractivity contribution is 8.18. The standard InChI is InChI=1S/C26H28FN3O3S/c1-5-30-21-11-10-17(12-18(21)16(2)14-26(30,3)4)13-22-24(32)29(25(33)34-22)15-23(31)28-20-9-7-6-8-19(20)27/h6-13,16H,5,14-15H2,1-4H3,(H,28,31)/b22-13-/t16-/m0/s1. The van der Waals surface area contributed by atoms with Crippen molar-refractivity contribution in [3.63, 3.8) is 0 Å². The summed E-state index contributed by atoms with van der Waals surface area (Å²) in [5.74, 6) is -1.39. The molecule has 1 fully saturated rings. The molecule has 0 aliphatic carbocycles. The Hall–Kier alpha value is -3.13. The van der Waals surface area contributed by atoms with Crippen LogP contribution in [0.2, 0.25) is 0 Å². The summed E-state index contributed by atoms with van der Waals surface area (Å²) in [5, 5.41) is 1.88. The Bertz CT molecular complexity index is 1190. The fourth-order valence-electron chi connectivity index (χ4n) is 4.88. The Morgan fingerprint density at radius 2 is 1.97 bits per heavy atom. The monoisotopic (exact) mass is 481 g/mol. The summed E-state index contributed by atoms with van der Waals surface area (Å²) >= 11 is 0.805. The van der Waals surface area contributed by atoms with Crippen molar-refractivity contribution in [2.45, 2.75) is 45.6 Å². The number of fused-ring (bicyclic) bond motifs is 1. The van der Waals surface area contributed by atoms with Gasteiger partial charge in [-0.15, -0.1) is 0 Å². The normalized spacial score (nSPS) is 20.6. The Kier molecular flexibility index (Phi) is 6.53. The Labute approximate surface area is 203 Å². The first-order valence-corrected chi connectivity index (χ1v) is 12.1. The lowest BCUT2D eigenvalue weighted by Crippen LogP contribution is -2.48. The summed E-state index contributed by atoms with van der Waals surface area (Å²) in [4.78, 5) is 41.2. The molecule has 0 spiro atoms. The molecule has 0 radical (unpaired) electrons. The molecule has 0 aromatic heterocycles. The van der Waals surface area contributed by atoms with Crippen molar-refractivity contribution in [1.29, 1.82) is 0 Å². The Morgan fingerprint density at radius 1 is 1.24 bits per heavy atom. The summed E-state index contributed by atoms with van der Waals surface area (Å²) in [6, 6.07) is 11.8. The molecular formula is C26H28FN3O3S. The first kappa shape index (κ1) is 24.0. The van der Waals surface area contributed by atoms with E-state index >= 15 is 0 Å². The van der Waals surface area contributed by atoms with Gasteiger partial charge in [-0.2, -0.15) is 0 Å². The van der Waals surface area contributed by atoms with E-state index < -0.39 is 29.4 Å². The van der Waals surface area contributed by atoms with E-state index in [0.717, 1.165) is 35.2 Å². The van der Waals surface area contributed by atoms with Crippen molar-refractivity contribution in [2.75, 3.05) is 23.3 Å². The number of carbonyl (C=O) groups excluding carboxylic acids is 3. The van der Waals surface area contributed by atoms with Gasteiger partial charge in [-0.3, -0.25) is 19.3 Å². The fourth-order valence-corrected chi connectivity index (χ4v) is 5.72. The predicted octanol–water partition coefficient (Wildman–Crippen LogP) is 5.61. The average Bonchev–Trinajstić information content (AvgIpc) is 3.02. The van der Waals surface area contributed by atoms with Crippen LogP contribution in [-0.4, -0.2) is 40.6 Å². The number of rotatable bonds is 5. The van der Waals surface area contributed by atoms with Crippen LogP contribution in [0.4, 0.5) is 20.6 Å². The van der Waals surface area contributed by atoms with Gasteiger partial charge in [-0.25, -0.2) is 4.39 Å². The first-order valence-electron chi connectivity index (χ1n) is 11.3. The van der Waals surface area contributed by atoms with Crippen molar-refractivity contribution in [3.8, 4) is 0 Å². The molecule has 2 aliphatic heterocycles. The van der Waals surface area contributed by atoms with Crippen LogP contribution in [-0.2, 0) is 9.59 Å². The zero-order valence-corrected chi connectivity index (χ0v) is 20.5. The van der Waals surface area contributed by atoms with Crippen LogP contribution in [0, 0.1) is 5.82 Å². The number of amides is 3. The van der Waals surface area contributed by atoms with Gasteiger partial charge in [0.1, 0.15) is 12.4 Å². The average molecular weight is 482 g/mol. The lowest BCUT2D eigenvalue weighted by Gasteiger charge is -2.47. The number of nitrogens with one attached hydrogen (secondary N) is 1. The van der Waals surface area contributed by atoms with Gasteiger partial charge in [0.25, 0.3) is 11.1 Å². The van der Waals surface area contributed by atoms with Crippen molar-refractivity contribution in [2.24, 2.45) is 0 Å². The number of imide groups is 1.